The Balaban J connectivity index is 2.15. The molecule has 2 aromatic rings. The van der Waals surface area contributed by atoms with Gasteiger partial charge in [-0.2, -0.15) is 0 Å². The highest BCUT2D eigenvalue weighted by Crippen LogP contribution is 2.34. The van der Waals surface area contributed by atoms with E-state index in [1.807, 2.05) is 0 Å². The number of aromatic hydroxyl groups is 1. The Bertz CT molecular complexity index is 971. The van der Waals surface area contributed by atoms with E-state index in [9.17, 15) is 19.5 Å². The molecule has 0 aliphatic heterocycles. The average Bonchev–Trinajstić information content (AvgIpc) is 3.04. The van der Waals surface area contributed by atoms with Crippen LogP contribution < -0.4 is 10.1 Å². The summed E-state index contributed by atoms with van der Waals surface area (Å²) in [5, 5.41) is 12.6. The van der Waals surface area contributed by atoms with E-state index in [-0.39, 0.29) is 40.3 Å². The van der Waals surface area contributed by atoms with Gasteiger partial charge in [-0.1, -0.05) is 6.07 Å². The van der Waals surface area contributed by atoms with Gasteiger partial charge in [-0.3, -0.25) is 9.69 Å². The van der Waals surface area contributed by atoms with Crippen LogP contribution in [0.5, 0.6) is 11.5 Å². The summed E-state index contributed by atoms with van der Waals surface area (Å²) >= 11 is 0.969. The third kappa shape index (κ3) is 5.96. The van der Waals surface area contributed by atoms with Crippen molar-refractivity contribution in [1.29, 1.82) is 0 Å². The molecule has 0 spiro atoms. The molecule has 0 unspecified atom stereocenters. The molecule has 10 heteroatoms. The van der Waals surface area contributed by atoms with Gasteiger partial charge in [-0.15, -0.1) is 11.3 Å². The van der Waals surface area contributed by atoms with E-state index in [0.717, 1.165) is 16.9 Å². The number of hydrogen-bond acceptors (Lipinski definition) is 9. The first-order chi connectivity index (χ1) is 14.7. The van der Waals surface area contributed by atoms with Crippen molar-refractivity contribution in [2.45, 2.75) is 20.4 Å². The molecule has 0 saturated heterocycles. The monoisotopic (exact) mass is 450 g/mol. The number of methoxy groups -OCH3 is 2. The van der Waals surface area contributed by atoms with Crippen LogP contribution in [0.25, 0.3) is 0 Å². The Kier molecular flexibility index (Phi) is 8.40. The van der Waals surface area contributed by atoms with E-state index in [1.54, 1.807) is 37.9 Å². The number of carbonyl (C=O) groups excluding carboxylic acids is 3. The summed E-state index contributed by atoms with van der Waals surface area (Å²) in [6.07, 6.45) is 0. The maximum absolute atomic E-state index is 12.6. The molecular formula is C21H26N2O7S. The van der Waals surface area contributed by atoms with Crippen LogP contribution >= 0.6 is 11.3 Å². The van der Waals surface area contributed by atoms with Gasteiger partial charge >= 0.3 is 11.9 Å². The fourth-order valence-corrected chi connectivity index (χ4v) is 4.07. The number of hydrogen-bond donors (Lipinski definition) is 2. The quantitative estimate of drug-likeness (QED) is 0.561. The highest BCUT2D eigenvalue weighted by Gasteiger charge is 2.27. The Morgan fingerprint density at radius 3 is 2.52 bits per heavy atom. The molecule has 9 nitrogen and oxygen atoms in total. The smallest absolute Gasteiger partial charge is 0.348 e. The first-order valence-corrected chi connectivity index (χ1v) is 10.3. The molecule has 168 valence electrons. The molecule has 1 heterocycles. The van der Waals surface area contributed by atoms with Crippen LogP contribution in [0.3, 0.4) is 0 Å². The molecule has 1 aromatic heterocycles. The summed E-state index contributed by atoms with van der Waals surface area (Å²) in [6, 6.07) is 4.95. The molecule has 0 radical (unpaired) electrons. The first-order valence-electron chi connectivity index (χ1n) is 9.44. The van der Waals surface area contributed by atoms with Crippen molar-refractivity contribution >= 4 is 34.2 Å². The molecule has 0 atom stereocenters. The van der Waals surface area contributed by atoms with Crippen LogP contribution in [0, 0.1) is 6.92 Å². The lowest BCUT2D eigenvalue weighted by molar-refractivity contribution is -0.117. The van der Waals surface area contributed by atoms with E-state index in [0.29, 0.717) is 17.9 Å². The second kappa shape index (κ2) is 10.8. The lowest BCUT2D eigenvalue weighted by Crippen LogP contribution is -2.30. The van der Waals surface area contributed by atoms with E-state index in [1.165, 1.54) is 20.3 Å². The minimum atomic E-state index is -0.619. The maximum atomic E-state index is 12.6. The topological polar surface area (TPSA) is 114 Å². The molecule has 2 N–H and O–H groups in total. The van der Waals surface area contributed by atoms with Crippen LogP contribution in [0.1, 0.15) is 38.1 Å². The molecule has 1 amide bonds. The van der Waals surface area contributed by atoms with E-state index < -0.39 is 11.9 Å². The van der Waals surface area contributed by atoms with Crippen LogP contribution in [0.2, 0.25) is 0 Å². The number of benzene rings is 1. The number of phenols is 1. The molecule has 1 aromatic carbocycles. The number of nitrogens with one attached hydrogen (secondary N) is 1. The molecule has 31 heavy (non-hydrogen) atoms. The number of amides is 1. The summed E-state index contributed by atoms with van der Waals surface area (Å²) in [5.74, 6) is -1.19. The van der Waals surface area contributed by atoms with Gasteiger partial charge in [0.2, 0.25) is 5.91 Å². The largest absolute Gasteiger partial charge is 0.504 e. The standard InChI is InChI=1S/C21H26N2O7S/c1-6-30-20(26)17-12(2)18(21(27)29-5)31-19(17)22-16(25)11-23(3)10-13-7-8-14(24)15(9-13)28-4/h7-9,24H,6,10-11H2,1-5H3,(H,22,25). The molecule has 0 saturated carbocycles. The number of nitrogens with zero attached hydrogens (tertiary/aromatic N) is 1. The highest BCUT2D eigenvalue weighted by molar-refractivity contribution is 7.18. The van der Waals surface area contributed by atoms with Crippen molar-refractivity contribution in [1.82, 2.24) is 4.90 Å². The number of carbonyl (C=O) groups is 3. The Morgan fingerprint density at radius 2 is 1.90 bits per heavy atom. The number of anilines is 1. The third-order valence-electron chi connectivity index (χ3n) is 4.36. The molecule has 0 fully saturated rings. The highest BCUT2D eigenvalue weighted by atomic mass is 32.1. The minimum Gasteiger partial charge on any atom is -0.504 e. The van der Waals surface area contributed by atoms with E-state index >= 15 is 0 Å². The van der Waals surface area contributed by atoms with Crippen LogP contribution in [0.4, 0.5) is 5.00 Å². The van der Waals surface area contributed by atoms with Gasteiger partial charge in [-0.25, -0.2) is 9.59 Å². The zero-order chi connectivity index (χ0) is 23.1. The zero-order valence-electron chi connectivity index (χ0n) is 18.1. The molecule has 0 aliphatic carbocycles. The average molecular weight is 451 g/mol. The summed E-state index contributed by atoms with van der Waals surface area (Å²) < 4.78 is 14.9. The maximum Gasteiger partial charge on any atom is 0.348 e. The lowest BCUT2D eigenvalue weighted by Gasteiger charge is -2.17. The Morgan fingerprint density at radius 1 is 1.19 bits per heavy atom. The molecular weight excluding hydrogens is 424 g/mol. The van der Waals surface area contributed by atoms with Crippen molar-refractivity contribution in [3.63, 3.8) is 0 Å². The normalized spacial score (nSPS) is 10.6. The molecule has 0 aliphatic rings. The SMILES string of the molecule is CCOC(=O)c1c(NC(=O)CN(C)Cc2ccc(O)c(OC)c2)sc(C(=O)OC)c1C. The van der Waals surface area contributed by atoms with Crippen molar-refractivity contribution in [2.75, 3.05) is 39.7 Å². The molecule has 0 bridgehead atoms. The number of ether oxygens (including phenoxy) is 3. The fraction of sp³-hybridized carbons (Fsp3) is 0.381. The zero-order valence-corrected chi connectivity index (χ0v) is 18.9. The van der Waals surface area contributed by atoms with E-state index in [4.69, 9.17) is 14.2 Å². The predicted octanol–water partition coefficient (Wildman–Crippen LogP) is 2.80. The van der Waals surface area contributed by atoms with Gasteiger partial charge in [0.15, 0.2) is 11.5 Å². The van der Waals surface area contributed by atoms with Crippen molar-refractivity contribution < 1.29 is 33.7 Å². The summed E-state index contributed by atoms with van der Waals surface area (Å²) in [5.41, 5.74) is 1.39. The number of rotatable bonds is 9. The van der Waals surface area contributed by atoms with Crippen LogP contribution in [-0.4, -0.2) is 62.3 Å². The second-order valence-electron chi connectivity index (χ2n) is 6.70. The number of thiophene rings is 1. The first kappa shape index (κ1) is 24.2. The third-order valence-corrected chi connectivity index (χ3v) is 5.55. The predicted molar refractivity (Wildman–Crippen MR) is 116 cm³/mol. The fourth-order valence-electron chi connectivity index (χ4n) is 2.94. The van der Waals surface area contributed by atoms with Crippen LogP contribution in [0.15, 0.2) is 18.2 Å². The Labute approximate surface area is 184 Å². The molecule has 2 rings (SSSR count). The van der Waals surface area contributed by atoms with Crippen molar-refractivity contribution in [3.05, 3.63) is 39.8 Å². The van der Waals surface area contributed by atoms with Crippen molar-refractivity contribution in [3.8, 4) is 11.5 Å². The summed E-state index contributed by atoms with van der Waals surface area (Å²) in [7, 11) is 4.46. The number of esters is 2. The summed E-state index contributed by atoms with van der Waals surface area (Å²) in [4.78, 5) is 39.0. The van der Waals surface area contributed by atoms with Gasteiger partial charge < -0.3 is 24.6 Å². The lowest BCUT2D eigenvalue weighted by atomic mass is 10.1. The Hall–Kier alpha value is -3.11. The van der Waals surface area contributed by atoms with Gasteiger partial charge in [0.1, 0.15) is 9.88 Å². The number of likely N-dealkylation sites (N-methyl/N-ethyl adjacent to an activating group) is 1. The van der Waals surface area contributed by atoms with Gasteiger partial charge in [-0.05, 0) is 44.2 Å². The second-order valence-corrected chi connectivity index (χ2v) is 7.72. The van der Waals surface area contributed by atoms with Crippen LogP contribution in [-0.2, 0) is 20.8 Å². The minimum absolute atomic E-state index is 0.0238. The number of phenolic OH excluding ortho intramolecular Hbond substituents is 1. The van der Waals surface area contributed by atoms with Crippen molar-refractivity contribution in [2.24, 2.45) is 0 Å². The van der Waals surface area contributed by atoms with Gasteiger partial charge in [0.05, 0.1) is 32.9 Å². The van der Waals surface area contributed by atoms with Gasteiger partial charge in [0.25, 0.3) is 0 Å². The van der Waals surface area contributed by atoms with Gasteiger partial charge in [0, 0.05) is 6.54 Å². The van der Waals surface area contributed by atoms with E-state index in [2.05, 4.69) is 5.32 Å². The summed E-state index contributed by atoms with van der Waals surface area (Å²) in [6.45, 7) is 3.89.